The van der Waals surface area contributed by atoms with E-state index < -0.39 is 0 Å². The summed E-state index contributed by atoms with van der Waals surface area (Å²) in [5.41, 5.74) is 1.16. The molecule has 1 unspecified atom stereocenters. The highest BCUT2D eigenvalue weighted by Gasteiger charge is 2.28. The molecule has 0 bridgehead atoms. The van der Waals surface area contributed by atoms with Gasteiger partial charge in [-0.3, -0.25) is 4.79 Å². The standard InChI is InChI=1S/C17H20ClNOS/c18-15-7-5-13(6-8-15)16-11-14(12-21-16)17(20)19-9-3-1-2-4-10-19/h5-8,11,14H,1-4,9-10,12H2. The Morgan fingerprint density at radius 3 is 2.43 bits per heavy atom. The van der Waals surface area contributed by atoms with Crippen molar-refractivity contribution in [2.45, 2.75) is 25.7 Å². The molecule has 2 nitrogen and oxygen atoms in total. The van der Waals surface area contributed by atoms with Crippen LogP contribution >= 0.6 is 23.4 Å². The molecule has 1 fully saturated rings. The zero-order valence-corrected chi connectivity index (χ0v) is 13.6. The van der Waals surface area contributed by atoms with Crippen LogP contribution in [0.25, 0.3) is 4.91 Å². The van der Waals surface area contributed by atoms with Crippen LogP contribution < -0.4 is 0 Å². The molecule has 2 aliphatic rings. The van der Waals surface area contributed by atoms with Crippen molar-refractivity contribution in [1.82, 2.24) is 4.90 Å². The van der Waals surface area contributed by atoms with Gasteiger partial charge in [-0.05, 0) is 30.5 Å². The summed E-state index contributed by atoms with van der Waals surface area (Å²) in [6.07, 6.45) is 6.96. The number of benzene rings is 1. The van der Waals surface area contributed by atoms with Gasteiger partial charge in [0.05, 0.1) is 5.92 Å². The molecule has 2 aliphatic heterocycles. The number of hydrogen-bond donors (Lipinski definition) is 0. The predicted octanol–water partition coefficient (Wildman–Crippen LogP) is 4.45. The molecule has 0 aliphatic carbocycles. The highest BCUT2D eigenvalue weighted by atomic mass is 35.5. The maximum atomic E-state index is 12.6. The van der Waals surface area contributed by atoms with Crippen molar-refractivity contribution >= 4 is 34.2 Å². The van der Waals surface area contributed by atoms with Crippen molar-refractivity contribution in [2.24, 2.45) is 5.92 Å². The molecular formula is C17H20ClNOS. The Bertz CT molecular complexity index is 532. The molecule has 3 rings (SSSR count). The Hall–Kier alpha value is -0.930. The summed E-state index contributed by atoms with van der Waals surface area (Å²) in [6.45, 7) is 1.87. The molecule has 1 saturated heterocycles. The van der Waals surface area contributed by atoms with Crippen LogP contribution in [0.4, 0.5) is 0 Å². The van der Waals surface area contributed by atoms with Gasteiger partial charge >= 0.3 is 0 Å². The molecule has 1 aromatic carbocycles. The summed E-state index contributed by atoms with van der Waals surface area (Å²) in [5.74, 6) is 1.22. The van der Waals surface area contributed by atoms with E-state index >= 15 is 0 Å². The van der Waals surface area contributed by atoms with Crippen molar-refractivity contribution < 1.29 is 4.79 Å². The van der Waals surface area contributed by atoms with Crippen molar-refractivity contribution in [3.8, 4) is 0 Å². The normalized spacial score (nSPS) is 22.8. The lowest BCUT2D eigenvalue weighted by Crippen LogP contribution is -2.36. The first kappa shape index (κ1) is 15.0. The molecule has 0 saturated carbocycles. The van der Waals surface area contributed by atoms with Gasteiger partial charge in [0.15, 0.2) is 0 Å². The van der Waals surface area contributed by atoms with Crippen LogP contribution in [0.5, 0.6) is 0 Å². The van der Waals surface area contributed by atoms with Crippen molar-refractivity contribution in [3.05, 3.63) is 40.9 Å². The summed E-state index contributed by atoms with van der Waals surface area (Å²) >= 11 is 7.70. The predicted molar refractivity (Wildman–Crippen MR) is 90.4 cm³/mol. The van der Waals surface area contributed by atoms with E-state index in [1.807, 2.05) is 24.3 Å². The van der Waals surface area contributed by atoms with Crippen LogP contribution in [0.15, 0.2) is 30.3 Å². The van der Waals surface area contributed by atoms with E-state index in [1.165, 1.54) is 17.7 Å². The van der Waals surface area contributed by atoms with Crippen LogP contribution in [0.1, 0.15) is 31.2 Å². The smallest absolute Gasteiger partial charge is 0.230 e. The number of halogens is 1. The maximum absolute atomic E-state index is 12.6. The molecule has 21 heavy (non-hydrogen) atoms. The van der Waals surface area contributed by atoms with E-state index in [4.69, 9.17) is 11.6 Å². The molecule has 0 spiro atoms. The highest BCUT2D eigenvalue weighted by molar-refractivity contribution is 8.08. The number of hydrogen-bond acceptors (Lipinski definition) is 2. The Labute approximate surface area is 135 Å². The number of likely N-dealkylation sites (tertiary alicyclic amines) is 1. The first-order valence-corrected chi connectivity index (χ1v) is 9.00. The third-order valence-electron chi connectivity index (χ3n) is 4.13. The van der Waals surface area contributed by atoms with E-state index in [0.717, 1.165) is 42.3 Å². The zero-order chi connectivity index (χ0) is 14.7. The first-order valence-electron chi connectivity index (χ1n) is 7.63. The summed E-state index contributed by atoms with van der Waals surface area (Å²) in [6, 6.07) is 7.87. The average molecular weight is 322 g/mol. The van der Waals surface area contributed by atoms with E-state index in [0.29, 0.717) is 5.91 Å². The van der Waals surface area contributed by atoms with Crippen LogP contribution in [0.3, 0.4) is 0 Å². The van der Waals surface area contributed by atoms with Gasteiger partial charge in [-0.25, -0.2) is 0 Å². The minimum atomic E-state index is 0.0405. The number of carbonyl (C=O) groups is 1. The van der Waals surface area contributed by atoms with Gasteiger partial charge in [0.1, 0.15) is 0 Å². The van der Waals surface area contributed by atoms with Gasteiger partial charge in [-0.15, -0.1) is 11.8 Å². The number of rotatable bonds is 2. The number of nitrogens with zero attached hydrogens (tertiary/aromatic N) is 1. The fourth-order valence-electron chi connectivity index (χ4n) is 2.92. The van der Waals surface area contributed by atoms with Crippen LogP contribution in [0, 0.1) is 5.92 Å². The second kappa shape index (κ2) is 6.89. The molecule has 4 heteroatoms. The van der Waals surface area contributed by atoms with Crippen molar-refractivity contribution in [3.63, 3.8) is 0 Å². The molecule has 1 aromatic rings. The zero-order valence-electron chi connectivity index (χ0n) is 12.1. The van der Waals surface area contributed by atoms with Gasteiger partial charge < -0.3 is 4.90 Å². The lowest BCUT2D eigenvalue weighted by molar-refractivity contribution is -0.133. The fourth-order valence-corrected chi connectivity index (χ4v) is 4.21. The van der Waals surface area contributed by atoms with E-state index in [1.54, 1.807) is 11.8 Å². The van der Waals surface area contributed by atoms with Gasteiger partial charge in [-0.1, -0.05) is 42.7 Å². The van der Waals surface area contributed by atoms with Gasteiger partial charge in [0.25, 0.3) is 0 Å². The summed E-state index contributed by atoms with van der Waals surface area (Å²) in [4.78, 5) is 15.9. The number of carbonyl (C=O) groups excluding carboxylic acids is 1. The molecule has 1 atom stereocenters. The molecule has 2 heterocycles. The highest BCUT2D eigenvalue weighted by Crippen LogP contribution is 2.38. The third-order valence-corrected chi connectivity index (χ3v) is 5.60. The lowest BCUT2D eigenvalue weighted by Gasteiger charge is -2.22. The Morgan fingerprint density at radius 1 is 1.10 bits per heavy atom. The Kier molecular flexibility index (Phi) is 4.91. The molecule has 0 aromatic heterocycles. The largest absolute Gasteiger partial charge is 0.342 e. The van der Waals surface area contributed by atoms with Crippen molar-refractivity contribution in [1.29, 1.82) is 0 Å². The van der Waals surface area contributed by atoms with E-state index in [9.17, 15) is 4.79 Å². The lowest BCUT2D eigenvalue weighted by atomic mass is 10.1. The minimum absolute atomic E-state index is 0.0405. The third kappa shape index (κ3) is 3.64. The van der Waals surface area contributed by atoms with Crippen LogP contribution in [-0.2, 0) is 4.79 Å². The average Bonchev–Trinajstić information content (AvgIpc) is 2.83. The van der Waals surface area contributed by atoms with Gasteiger partial charge in [-0.2, -0.15) is 0 Å². The summed E-state index contributed by atoms with van der Waals surface area (Å²) in [7, 11) is 0. The summed E-state index contributed by atoms with van der Waals surface area (Å²) < 4.78 is 0. The maximum Gasteiger partial charge on any atom is 0.230 e. The minimum Gasteiger partial charge on any atom is -0.342 e. The van der Waals surface area contributed by atoms with E-state index in [2.05, 4.69) is 11.0 Å². The summed E-state index contributed by atoms with van der Waals surface area (Å²) in [5, 5.41) is 0.750. The first-order chi connectivity index (χ1) is 10.2. The van der Waals surface area contributed by atoms with Crippen LogP contribution in [-0.4, -0.2) is 29.6 Å². The Morgan fingerprint density at radius 2 is 1.76 bits per heavy atom. The van der Waals surface area contributed by atoms with Gasteiger partial charge in [0, 0.05) is 28.8 Å². The SMILES string of the molecule is O=C(C1C=C(c2ccc(Cl)cc2)SC1)N1CCCCCC1. The monoisotopic (exact) mass is 321 g/mol. The molecule has 112 valence electrons. The second-order valence-corrected chi connectivity index (χ2v) is 7.19. The van der Waals surface area contributed by atoms with Gasteiger partial charge in [0.2, 0.25) is 5.91 Å². The molecule has 1 amide bonds. The van der Waals surface area contributed by atoms with E-state index in [-0.39, 0.29) is 5.92 Å². The van der Waals surface area contributed by atoms with Crippen molar-refractivity contribution in [2.75, 3.05) is 18.8 Å². The second-order valence-electron chi connectivity index (χ2n) is 5.69. The molecule has 0 radical (unpaired) electrons. The van der Waals surface area contributed by atoms with Crippen LogP contribution in [0.2, 0.25) is 5.02 Å². The number of thioether (sulfide) groups is 1. The molecule has 0 N–H and O–H groups in total. The Balaban J connectivity index is 1.69. The fraction of sp³-hybridized carbons (Fsp3) is 0.471. The topological polar surface area (TPSA) is 20.3 Å². The number of amides is 1. The quantitative estimate of drug-likeness (QED) is 0.802. The molecular weight excluding hydrogens is 302 g/mol.